The van der Waals surface area contributed by atoms with E-state index in [1.54, 1.807) is 6.20 Å². The minimum absolute atomic E-state index is 0.0443. The lowest BCUT2D eigenvalue weighted by Gasteiger charge is -2.17. The van der Waals surface area contributed by atoms with Gasteiger partial charge in [0.25, 0.3) is 0 Å². The van der Waals surface area contributed by atoms with Crippen molar-refractivity contribution in [3.05, 3.63) is 17.5 Å². The number of hydrogen-bond acceptors (Lipinski definition) is 2. The Bertz CT molecular complexity index is 298. The molecule has 3 nitrogen and oxygen atoms in total. The Balaban J connectivity index is 3.01. The van der Waals surface area contributed by atoms with Crippen molar-refractivity contribution < 1.29 is 0 Å². The molecule has 0 spiro atoms. The lowest BCUT2D eigenvalue weighted by Crippen LogP contribution is -2.14. The van der Waals surface area contributed by atoms with Crippen LogP contribution in [0.15, 0.2) is 6.20 Å². The second-order valence-electron chi connectivity index (χ2n) is 3.86. The summed E-state index contributed by atoms with van der Waals surface area (Å²) >= 11 is 0. The van der Waals surface area contributed by atoms with Crippen molar-refractivity contribution in [3.8, 4) is 6.07 Å². The molecule has 0 amide bonds. The zero-order chi connectivity index (χ0) is 9.19. The van der Waals surface area contributed by atoms with Gasteiger partial charge in [0.05, 0.1) is 18.7 Å². The van der Waals surface area contributed by atoms with Crippen LogP contribution in [0.4, 0.5) is 0 Å². The third kappa shape index (κ3) is 1.65. The highest BCUT2D eigenvalue weighted by Crippen LogP contribution is 2.23. The van der Waals surface area contributed by atoms with Crippen molar-refractivity contribution in [3.63, 3.8) is 0 Å². The van der Waals surface area contributed by atoms with Crippen LogP contribution >= 0.6 is 0 Å². The van der Waals surface area contributed by atoms with Gasteiger partial charge in [-0.1, -0.05) is 20.8 Å². The summed E-state index contributed by atoms with van der Waals surface area (Å²) < 4.78 is 0. The molecule has 0 saturated heterocycles. The normalized spacial score (nSPS) is 11.2. The average Bonchev–Trinajstić information content (AvgIpc) is 2.34. The number of hydrogen-bond donors (Lipinski definition) is 1. The van der Waals surface area contributed by atoms with Crippen LogP contribution < -0.4 is 0 Å². The third-order valence-electron chi connectivity index (χ3n) is 1.74. The molecule has 1 rings (SSSR count). The van der Waals surface area contributed by atoms with E-state index >= 15 is 0 Å². The first kappa shape index (κ1) is 8.79. The molecular weight excluding hydrogens is 150 g/mol. The molecule has 3 heteroatoms. The quantitative estimate of drug-likeness (QED) is 0.686. The Morgan fingerprint density at radius 2 is 2.25 bits per heavy atom. The number of nitriles is 1. The Kier molecular flexibility index (Phi) is 2.18. The summed E-state index contributed by atoms with van der Waals surface area (Å²) in [6, 6.07) is 2.12. The summed E-state index contributed by atoms with van der Waals surface area (Å²) in [5.74, 6) is 0. The van der Waals surface area contributed by atoms with Crippen molar-refractivity contribution in [1.29, 1.82) is 5.26 Å². The molecule has 0 bridgehead atoms. The Morgan fingerprint density at radius 1 is 1.58 bits per heavy atom. The molecule has 0 aliphatic heterocycles. The van der Waals surface area contributed by atoms with Crippen molar-refractivity contribution in [2.45, 2.75) is 32.6 Å². The average molecular weight is 163 g/mol. The summed E-state index contributed by atoms with van der Waals surface area (Å²) in [6.07, 6.45) is 2.16. The van der Waals surface area contributed by atoms with Crippen LogP contribution in [-0.2, 0) is 11.8 Å². The molecule has 12 heavy (non-hydrogen) atoms. The third-order valence-corrected chi connectivity index (χ3v) is 1.74. The Hall–Kier alpha value is -1.30. The maximum absolute atomic E-state index is 8.54. The van der Waals surface area contributed by atoms with E-state index in [2.05, 4.69) is 37.0 Å². The topological polar surface area (TPSA) is 52.5 Å². The van der Waals surface area contributed by atoms with Gasteiger partial charge in [-0.3, -0.25) is 5.10 Å². The van der Waals surface area contributed by atoms with Crippen molar-refractivity contribution >= 4 is 0 Å². The highest BCUT2D eigenvalue weighted by atomic mass is 15.1. The fourth-order valence-electron chi connectivity index (χ4n) is 1.18. The van der Waals surface area contributed by atoms with Gasteiger partial charge in [0.15, 0.2) is 0 Å². The molecular formula is C9H13N3. The highest BCUT2D eigenvalue weighted by molar-refractivity contribution is 5.25. The van der Waals surface area contributed by atoms with Gasteiger partial charge in [-0.15, -0.1) is 0 Å². The van der Waals surface area contributed by atoms with Crippen LogP contribution in [-0.4, -0.2) is 10.2 Å². The summed E-state index contributed by atoms with van der Waals surface area (Å²) in [4.78, 5) is 0. The number of H-pyrrole nitrogens is 1. The molecule has 0 aliphatic carbocycles. The molecule has 0 aromatic carbocycles. The number of aromatic nitrogens is 2. The predicted molar refractivity (Wildman–Crippen MR) is 46.6 cm³/mol. The molecule has 0 aliphatic rings. The van der Waals surface area contributed by atoms with Crippen LogP contribution in [0, 0.1) is 11.3 Å². The van der Waals surface area contributed by atoms with Gasteiger partial charge >= 0.3 is 0 Å². The molecule has 1 aromatic heterocycles. The molecule has 64 valence electrons. The van der Waals surface area contributed by atoms with E-state index in [-0.39, 0.29) is 5.41 Å². The van der Waals surface area contributed by atoms with Gasteiger partial charge in [-0.25, -0.2) is 0 Å². The first-order valence-corrected chi connectivity index (χ1v) is 3.95. The van der Waals surface area contributed by atoms with Crippen LogP contribution in [0.5, 0.6) is 0 Å². The van der Waals surface area contributed by atoms with Gasteiger partial charge in [-0.05, 0) is 0 Å². The molecule has 0 unspecified atom stereocenters. The fourth-order valence-corrected chi connectivity index (χ4v) is 1.18. The van der Waals surface area contributed by atoms with Gasteiger partial charge in [0.2, 0.25) is 0 Å². The van der Waals surface area contributed by atoms with E-state index in [4.69, 9.17) is 5.26 Å². The molecule has 1 aromatic rings. The number of nitrogens with zero attached hydrogens (tertiary/aromatic N) is 2. The van der Waals surface area contributed by atoms with E-state index in [9.17, 15) is 0 Å². The van der Waals surface area contributed by atoms with E-state index in [0.29, 0.717) is 6.42 Å². The molecule has 0 fully saturated rings. The van der Waals surface area contributed by atoms with Crippen molar-refractivity contribution in [2.75, 3.05) is 0 Å². The van der Waals surface area contributed by atoms with Gasteiger partial charge in [-0.2, -0.15) is 10.4 Å². The minimum Gasteiger partial charge on any atom is -0.282 e. The SMILES string of the molecule is CC(C)(C)c1[nH]ncc1CC#N. The van der Waals surface area contributed by atoms with Crippen LogP contribution in [0.1, 0.15) is 32.0 Å². The maximum atomic E-state index is 8.54. The molecule has 0 saturated carbocycles. The number of aromatic amines is 1. The maximum Gasteiger partial charge on any atom is 0.0671 e. The summed E-state index contributed by atoms with van der Waals surface area (Å²) in [7, 11) is 0. The van der Waals surface area contributed by atoms with Crippen LogP contribution in [0.2, 0.25) is 0 Å². The summed E-state index contributed by atoms with van der Waals surface area (Å²) in [5.41, 5.74) is 2.11. The van der Waals surface area contributed by atoms with Crippen LogP contribution in [0.3, 0.4) is 0 Å². The predicted octanol–water partition coefficient (Wildman–Crippen LogP) is 1.77. The monoisotopic (exact) mass is 163 g/mol. The smallest absolute Gasteiger partial charge is 0.0671 e. The zero-order valence-corrected chi connectivity index (χ0v) is 7.68. The summed E-state index contributed by atoms with van der Waals surface area (Å²) in [6.45, 7) is 6.30. The zero-order valence-electron chi connectivity index (χ0n) is 7.68. The highest BCUT2D eigenvalue weighted by Gasteiger charge is 2.19. The fraction of sp³-hybridized carbons (Fsp3) is 0.556. The Morgan fingerprint density at radius 3 is 2.75 bits per heavy atom. The first-order valence-electron chi connectivity index (χ1n) is 3.95. The lowest BCUT2D eigenvalue weighted by molar-refractivity contribution is 0.562. The lowest BCUT2D eigenvalue weighted by atomic mass is 9.89. The first-order chi connectivity index (χ1) is 5.55. The van der Waals surface area contributed by atoms with Crippen molar-refractivity contribution in [2.24, 2.45) is 0 Å². The second-order valence-corrected chi connectivity index (χ2v) is 3.86. The van der Waals surface area contributed by atoms with Gasteiger partial charge in [0, 0.05) is 16.7 Å². The van der Waals surface area contributed by atoms with Crippen LogP contribution in [0.25, 0.3) is 0 Å². The second kappa shape index (κ2) is 2.98. The van der Waals surface area contributed by atoms with E-state index in [0.717, 1.165) is 11.3 Å². The van der Waals surface area contributed by atoms with Gasteiger partial charge < -0.3 is 0 Å². The minimum atomic E-state index is 0.0443. The van der Waals surface area contributed by atoms with Gasteiger partial charge in [0.1, 0.15) is 0 Å². The molecule has 0 atom stereocenters. The molecule has 1 heterocycles. The number of nitrogens with one attached hydrogen (secondary N) is 1. The summed E-state index contributed by atoms with van der Waals surface area (Å²) in [5, 5.41) is 15.4. The van der Waals surface area contributed by atoms with Crippen molar-refractivity contribution in [1.82, 2.24) is 10.2 Å². The largest absolute Gasteiger partial charge is 0.282 e. The molecule has 0 radical (unpaired) electrons. The number of rotatable bonds is 1. The Labute approximate surface area is 72.4 Å². The molecule has 1 N–H and O–H groups in total. The van der Waals surface area contributed by atoms with E-state index in [1.165, 1.54) is 0 Å². The standard InChI is InChI=1S/C9H13N3/c1-9(2,3)8-7(4-5-10)6-11-12-8/h6H,4H2,1-3H3,(H,11,12). The van der Waals surface area contributed by atoms with E-state index in [1.807, 2.05) is 0 Å². The van der Waals surface area contributed by atoms with E-state index < -0.39 is 0 Å².